The molecule has 1 saturated heterocycles. The third-order valence-corrected chi connectivity index (χ3v) is 3.19. The van der Waals surface area contributed by atoms with Crippen LogP contribution in [0.25, 0.3) is 0 Å². The van der Waals surface area contributed by atoms with Crippen molar-refractivity contribution in [1.82, 2.24) is 5.32 Å². The summed E-state index contributed by atoms with van der Waals surface area (Å²) in [5, 5.41) is 13.4. The molecule has 0 spiro atoms. The van der Waals surface area contributed by atoms with Gasteiger partial charge >= 0.3 is 0 Å². The van der Waals surface area contributed by atoms with Gasteiger partial charge in [-0.05, 0) is 44.5 Å². The van der Waals surface area contributed by atoms with E-state index in [1.807, 2.05) is 0 Å². The van der Waals surface area contributed by atoms with Crippen LogP contribution in [-0.2, 0) is 0 Å². The highest BCUT2D eigenvalue weighted by molar-refractivity contribution is 5.30. The fourth-order valence-corrected chi connectivity index (χ4v) is 1.98. The first-order valence-corrected chi connectivity index (χ1v) is 5.92. The molecule has 0 bridgehead atoms. The number of benzene rings is 1. The van der Waals surface area contributed by atoms with E-state index in [0.29, 0.717) is 18.4 Å². The van der Waals surface area contributed by atoms with Gasteiger partial charge in [-0.25, -0.2) is 4.39 Å². The molecule has 1 aliphatic heterocycles. The number of nitrogens with one attached hydrogen (secondary N) is 1. The van der Waals surface area contributed by atoms with Crippen LogP contribution in [0.5, 0.6) is 5.75 Å². The van der Waals surface area contributed by atoms with Gasteiger partial charge in [-0.2, -0.15) is 0 Å². The Morgan fingerprint density at radius 3 is 2.82 bits per heavy atom. The van der Waals surface area contributed by atoms with Crippen LogP contribution in [0.1, 0.15) is 18.4 Å². The molecule has 0 saturated carbocycles. The van der Waals surface area contributed by atoms with Crippen LogP contribution in [0.15, 0.2) is 18.2 Å². The number of rotatable bonds is 3. The van der Waals surface area contributed by atoms with Crippen molar-refractivity contribution < 1.29 is 14.2 Å². The van der Waals surface area contributed by atoms with Crippen molar-refractivity contribution in [3.63, 3.8) is 0 Å². The Morgan fingerprint density at radius 2 is 2.12 bits per heavy atom. The zero-order valence-corrected chi connectivity index (χ0v) is 10.0. The highest BCUT2D eigenvalue weighted by Crippen LogP contribution is 2.23. The normalized spacial score (nSPS) is 19.0. The van der Waals surface area contributed by atoms with Crippen LogP contribution in [0.3, 0.4) is 0 Å². The molecule has 0 atom stereocenters. The van der Waals surface area contributed by atoms with Gasteiger partial charge in [-0.1, -0.05) is 12.1 Å². The molecule has 4 heteroatoms. The molecule has 1 heterocycles. The molecule has 0 amide bonds. The summed E-state index contributed by atoms with van der Waals surface area (Å²) in [5.74, 6) is -0.123. The second-order valence-corrected chi connectivity index (χ2v) is 4.65. The average Bonchev–Trinajstić information content (AvgIpc) is 2.32. The monoisotopic (exact) mass is 239 g/mol. The molecular formula is C13H18FNO2. The van der Waals surface area contributed by atoms with Crippen molar-refractivity contribution in [2.45, 2.75) is 25.4 Å². The van der Waals surface area contributed by atoms with Gasteiger partial charge in [-0.15, -0.1) is 0 Å². The molecule has 94 valence electrons. The van der Waals surface area contributed by atoms with Gasteiger partial charge in [0.2, 0.25) is 0 Å². The van der Waals surface area contributed by atoms with E-state index in [9.17, 15) is 9.50 Å². The van der Waals surface area contributed by atoms with Crippen molar-refractivity contribution in [2.24, 2.45) is 0 Å². The summed E-state index contributed by atoms with van der Waals surface area (Å²) in [6.45, 7) is 3.39. The minimum atomic E-state index is -0.832. The highest BCUT2D eigenvalue weighted by Gasteiger charge is 2.30. The number of hydrogen-bond acceptors (Lipinski definition) is 3. The SMILES string of the molecule is Cc1cccc(OCC2(O)CCNCC2)c1F. The van der Waals surface area contributed by atoms with Crippen molar-refractivity contribution in [3.8, 4) is 5.75 Å². The van der Waals surface area contributed by atoms with E-state index >= 15 is 0 Å². The maximum absolute atomic E-state index is 13.7. The van der Waals surface area contributed by atoms with E-state index in [1.54, 1.807) is 25.1 Å². The maximum atomic E-state index is 13.7. The lowest BCUT2D eigenvalue weighted by Gasteiger charge is -2.32. The first-order valence-electron chi connectivity index (χ1n) is 5.92. The standard InChI is InChI=1S/C13H18FNO2/c1-10-3-2-4-11(12(10)14)17-9-13(16)5-7-15-8-6-13/h2-4,15-16H,5-9H2,1H3. The van der Waals surface area contributed by atoms with Crippen LogP contribution in [0.2, 0.25) is 0 Å². The van der Waals surface area contributed by atoms with Gasteiger partial charge in [0.15, 0.2) is 11.6 Å². The molecule has 0 aliphatic carbocycles. The summed E-state index contributed by atoms with van der Waals surface area (Å²) < 4.78 is 19.1. The van der Waals surface area contributed by atoms with E-state index in [1.165, 1.54) is 0 Å². The Bertz CT molecular complexity index is 389. The van der Waals surface area contributed by atoms with Crippen LogP contribution in [0, 0.1) is 12.7 Å². The van der Waals surface area contributed by atoms with Crippen molar-refractivity contribution in [3.05, 3.63) is 29.6 Å². The highest BCUT2D eigenvalue weighted by atomic mass is 19.1. The van der Waals surface area contributed by atoms with E-state index in [-0.39, 0.29) is 18.2 Å². The van der Waals surface area contributed by atoms with Crippen LogP contribution in [0.4, 0.5) is 4.39 Å². The average molecular weight is 239 g/mol. The zero-order valence-electron chi connectivity index (χ0n) is 10.0. The molecule has 0 radical (unpaired) electrons. The molecular weight excluding hydrogens is 221 g/mol. The van der Waals surface area contributed by atoms with Gasteiger partial charge in [-0.3, -0.25) is 0 Å². The molecule has 2 rings (SSSR count). The largest absolute Gasteiger partial charge is 0.488 e. The number of aliphatic hydroxyl groups is 1. The van der Waals surface area contributed by atoms with Crippen molar-refractivity contribution in [2.75, 3.05) is 19.7 Å². The second kappa shape index (κ2) is 5.02. The molecule has 1 fully saturated rings. The van der Waals surface area contributed by atoms with E-state index in [2.05, 4.69) is 5.32 Å². The van der Waals surface area contributed by atoms with Crippen molar-refractivity contribution >= 4 is 0 Å². The Balaban J connectivity index is 1.99. The number of ether oxygens (including phenoxy) is 1. The Hall–Kier alpha value is -1.13. The predicted molar refractivity (Wildman–Crippen MR) is 63.7 cm³/mol. The van der Waals surface area contributed by atoms with Gasteiger partial charge in [0.1, 0.15) is 12.2 Å². The number of halogens is 1. The van der Waals surface area contributed by atoms with Crippen LogP contribution >= 0.6 is 0 Å². The molecule has 17 heavy (non-hydrogen) atoms. The molecule has 2 N–H and O–H groups in total. The molecule has 3 nitrogen and oxygen atoms in total. The fraction of sp³-hybridized carbons (Fsp3) is 0.538. The van der Waals surface area contributed by atoms with Gasteiger partial charge in [0, 0.05) is 0 Å². The van der Waals surface area contributed by atoms with Crippen molar-refractivity contribution in [1.29, 1.82) is 0 Å². The first kappa shape index (κ1) is 12.3. The molecule has 0 aromatic heterocycles. The summed E-state index contributed by atoms with van der Waals surface area (Å²) in [6, 6.07) is 5.04. The molecule has 1 aromatic carbocycles. The van der Waals surface area contributed by atoms with Gasteiger partial charge < -0.3 is 15.2 Å². The van der Waals surface area contributed by atoms with Gasteiger partial charge in [0.25, 0.3) is 0 Å². The van der Waals surface area contributed by atoms with Crippen LogP contribution < -0.4 is 10.1 Å². The third-order valence-electron chi connectivity index (χ3n) is 3.19. The quantitative estimate of drug-likeness (QED) is 0.842. The first-order chi connectivity index (χ1) is 8.11. The topological polar surface area (TPSA) is 41.5 Å². The second-order valence-electron chi connectivity index (χ2n) is 4.65. The lowest BCUT2D eigenvalue weighted by atomic mass is 9.93. The van der Waals surface area contributed by atoms with E-state index in [4.69, 9.17) is 4.74 Å². The van der Waals surface area contributed by atoms with E-state index < -0.39 is 5.60 Å². The summed E-state index contributed by atoms with van der Waals surface area (Å²) >= 11 is 0. The van der Waals surface area contributed by atoms with E-state index in [0.717, 1.165) is 13.1 Å². The lowest BCUT2D eigenvalue weighted by molar-refractivity contribution is -0.0294. The lowest BCUT2D eigenvalue weighted by Crippen LogP contribution is -2.46. The predicted octanol–water partition coefficient (Wildman–Crippen LogP) is 1.63. The summed E-state index contributed by atoms with van der Waals surface area (Å²) in [6.07, 6.45) is 1.28. The number of piperidine rings is 1. The third kappa shape index (κ3) is 2.96. The number of hydrogen-bond donors (Lipinski definition) is 2. The summed E-state index contributed by atoms with van der Waals surface area (Å²) in [4.78, 5) is 0. The summed E-state index contributed by atoms with van der Waals surface area (Å²) in [5.41, 5.74) is -0.277. The molecule has 1 aliphatic rings. The van der Waals surface area contributed by atoms with Gasteiger partial charge in [0.05, 0.1) is 0 Å². The minimum Gasteiger partial charge on any atom is -0.488 e. The number of aryl methyl sites for hydroxylation is 1. The minimum absolute atomic E-state index is 0.148. The Kier molecular flexibility index (Phi) is 3.64. The Labute approximate surface area is 101 Å². The van der Waals surface area contributed by atoms with Crippen LogP contribution in [-0.4, -0.2) is 30.4 Å². The fourth-order valence-electron chi connectivity index (χ4n) is 1.98. The Morgan fingerprint density at radius 1 is 1.41 bits per heavy atom. The smallest absolute Gasteiger partial charge is 0.167 e. The molecule has 0 unspecified atom stereocenters. The maximum Gasteiger partial charge on any atom is 0.167 e. The zero-order chi connectivity index (χ0) is 12.3. The molecule has 1 aromatic rings. The summed E-state index contributed by atoms with van der Waals surface area (Å²) in [7, 11) is 0.